The second-order valence-corrected chi connectivity index (χ2v) is 5.68. The number of aliphatic hydroxyl groups excluding tert-OH is 1. The SMILES string of the molecule is OC(c1cncc(Br)c1)C1NCCc2ccccc21. The molecule has 3 nitrogen and oxygen atoms in total. The van der Waals surface area contributed by atoms with Crippen LogP contribution in [0.25, 0.3) is 0 Å². The molecule has 1 aliphatic rings. The second kappa shape index (κ2) is 5.41. The first-order valence-corrected chi connectivity index (χ1v) is 7.15. The topological polar surface area (TPSA) is 45.2 Å². The van der Waals surface area contributed by atoms with E-state index < -0.39 is 6.10 Å². The molecular weight excluding hydrogens is 304 g/mol. The van der Waals surface area contributed by atoms with E-state index in [9.17, 15) is 5.11 Å². The molecule has 3 rings (SSSR count). The summed E-state index contributed by atoms with van der Waals surface area (Å²) in [6.07, 6.45) is 3.86. The molecule has 0 radical (unpaired) electrons. The van der Waals surface area contributed by atoms with E-state index in [1.165, 1.54) is 11.1 Å². The summed E-state index contributed by atoms with van der Waals surface area (Å²) < 4.78 is 0.883. The van der Waals surface area contributed by atoms with Crippen molar-refractivity contribution in [1.29, 1.82) is 0 Å². The summed E-state index contributed by atoms with van der Waals surface area (Å²) in [6, 6.07) is 10.1. The fourth-order valence-corrected chi connectivity index (χ4v) is 2.98. The number of rotatable bonds is 2. The number of aliphatic hydroxyl groups is 1. The highest BCUT2D eigenvalue weighted by atomic mass is 79.9. The number of hydrogen-bond donors (Lipinski definition) is 2. The van der Waals surface area contributed by atoms with Crippen LogP contribution in [0.3, 0.4) is 0 Å². The van der Waals surface area contributed by atoms with Crippen molar-refractivity contribution in [3.05, 3.63) is 63.9 Å². The molecule has 19 heavy (non-hydrogen) atoms. The van der Waals surface area contributed by atoms with Gasteiger partial charge in [0, 0.05) is 22.4 Å². The van der Waals surface area contributed by atoms with Gasteiger partial charge in [-0.25, -0.2) is 0 Å². The van der Waals surface area contributed by atoms with Crippen LogP contribution < -0.4 is 5.32 Å². The Morgan fingerprint density at radius 2 is 2.16 bits per heavy atom. The van der Waals surface area contributed by atoms with Gasteiger partial charge >= 0.3 is 0 Å². The van der Waals surface area contributed by atoms with Crippen LogP contribution in [0.5, 0.6) is 0 Å². The van der Waals surface area contributed by atoms with E-state index in [0.717, 1.165) is 23.0 Å². The third-order valence-corrected chi connectivity index (χ3v) is 3.97. The van der Waals surface area contributed by atoms with E-state index in [1.54, 1.807) is 12.4 Å². The van der Waals surface area contributed by atoms with Crippen molar-refractivity contribution < 1.29 is 5.11 Å². The fraction of sp³-hybridized carbons (Fsp3) is 0.267. The monoisotopic (exact) mass is 318 g/mol. The number of benzene rings is 1. The Morgan fingerprint density at radius 3 is 3.00 bits per heavy atom. The molecule has 0 saturated heterocycles. The summed E-state index contributed by atoms with van der Waals surface area (Å²) in [7, 11) is 0. The van der Waals surface area contributed by atoms with Crippen LogP contribution in [0.2, 0.25) is 0 Å². The first-order chi connectivity index (χ1) is 9.25. The average Bonchev–Trinajstić information content (AvgIpc) is 2.46. The Morgan fingerprint density at radius 1 is 1.32 bits per heavy atom. The third kappa shape index (κ3) is 2.56. The molecule has 1 aromatic heterocycles. The van der Waals surface area contributed by atoms with E-state index in [4.69, 9.17) is 0 Å². The molecule has 0 saturated carbocycles. The first-order valence-electron chi connectivity index (χ1n) is 6.35. The van der Waals surface area contributed by atoms with Crippen molar-refractivity contribution in [3.63, 3.8) is 0 Å². The molecule has 0 bridgehead atoms. The molecule has 2 N–H and O–H groups in total. The molecule has 1 aromatic carbocycles. The van der Waals surface area contributed by atoms with Gasteiger partial charge in [-0.1, -0.05) is 24.3 Å². The van der Waals surface area contributed by atoms with Crippen LogP contribution in [-0.2, 0) is 6.42 Å². The Balaban J connectivity index is 1.95. The van der Waals surface area contributed by atoms with Crippen molar-refractivity contribution >= 4 is 15.9 Å². The lowest BCUT2D eigenvalue weighted by Crippen LogP contribution is -2.33. The molecular formula is C15H15BrN2O. The highest BCUT2D eigenvalue weighted by Crippen LogP contribution is 2.33. The van der Waals surface area contributed by atoms with E-state index in [-0.39, 0.29) is 6.04 Å². The second-order valence-electron chi connectivity index (χ2n) is 4.76. The van der Waals surface area contributed by atoms with Crippen LogP contribution in [0.4, 0.5) is 0 Å². The summed E-state index contributed by atoms with van der Waals surface area (Å²) in [5.41, 5.74) is 3.32. The Labute approximate surface area is 120 Å². The van der Waals surface area contributed by atoms with Gasteiger partial charge < -0.3 is 10.4 Å². The highest BCUT2D eigenvalue weighted by Gasteiger charge is 2.27. The quantitative estimate of drug-likeness (QED) is 0.895. The van der Waals surface area contributed by atoms with Crippen molar-refractivity contribution in [2.45, 2.75) is 18.6 Å². The number of aromatic nitrogens is 1. The number of hydrogen-bond acceptors (Lipinski definition) is 3. The number of fused-ring (bicyclic) bond motifs is 1. The minimum absolute atomic E-state index is 0.0685. The molecule has 2 aromatic rings. The van der Waals surface area contributed by atoms with Gasteiger partial charge in [-0.15, -0.1) is 0 Å². The molecule has 4 heteroatoms. The predicted octanol–water partition coefficient (Wildman–Crippen LogP) is 2.76. The van der Waals surface area contributed by atoms with Gasteiger partial charge in [0.05, 0.1) is 12.1 Å². The normalized spacial score (nSPS) is 19.8. The minimum atomic E-state index is -0.591. The Bertz CT molecular complexity index is 588. The van der Waals surface area contributed by atoms with Crippen molar-refractivity contribution in [2.24, 2.45) is 0 Å². The predicted molar refractivity (Wildman–Crippen MR) is 77.8 cm³/mol. The number of pyridine rings is 1. The maximum absolute atomic E-state index is 10.6. The standard InChI is InChI=1S/C15H15BrN2O/c16-12-7-11(8-17-9-12)15(19)14-13-4-2-1-3-10(13)5-6-18-14/h1-4,7-9,14-15,18-19H,5-6H2. The third-order valence-electron chi connectivity index (χ3n) is 3.53. The molecule has 2 unspecified atom stereocenters. The zero-order valence-electron chi connectivity index (χ0n) is 10.4. The lowest BCUT2D eigenvalue weighted by Gasteiger charge is -2.30. The van der Waals surface area contributed by atoms with E-state index in [0.29, 0.717) is 0 Å². The number of nitrogens with one attached hydrogen (secondary N) is 1. The Kier molecular flexibility index (Phi) is 3.64. The molecule has 0 amide bonds. The molecule has 2 atom stereocenters. The van der Waals surface area contributed by atoms with E-state index >= 15 is 0 Å². The van der Waals surface area contributed by atoms with Gasteiger partial charge in [0.15, 0.2) is 0 Å². The average molecular weight is 319 g/mol. The van der Waals surface area contributed by atoms with E-state index in [2.05, 4.69) is 38.4 Å². The summed E-state index contributed by atoms with van der Waals surface area (Å²) in [5.74, 6) is 0. The van der Waals surface area contributed by atoms with Gasteiger partial charge in [0.2, 0.25) is 0 Å². The fourth-order valence-electron chi connectivity index (χ4n) is 2.60. The molecule has 0 aliphatic carbocycles. The first kappa shape index (κ1) is 12.8. The van der Waals surface area contributed by atoms with Crippen LogP contribution >= 0.6 is 15.9 Å². The summed E-state index contributed by atoms with van der Waals surface area (Å²) >= 11 is 3.39. The minimum Gasteiger partial charge on any atom is -0.386 e. The van der Waals surface area contributed by atoms with Crippen LogP contribution in [0.1, 0.15) is 28.8 Å². The van der Waals surface area contributed by atoms with Crippen LogP contribution in [0, 0.1) is 0 Å². The highest BCUT2D eigenvalue weighted by molar-refractivity contribution is 9.10. The van der Waals surface area contributed by atoms with Gasteiger partial charge in [0.25, 0.3) is 0 Å². The molecule has 2 heterocycles. The van der Waals surface area contributed by atoms with Crippen molar-refractivity contribution in [3.8, 4) is 0 Å². The Hall–Kier alpha value is -1.23. The van der Waals surface area contributed by atoms with Gasteiger partial charge in [-0.05, 0) is 46.1 Å². The van der Waals surface area contributed by atoms with Crippen molar-refractivity contribution in [2.75, 3.05) is 6.54 Å². The largest absolute Gasteiger partial charge is 0.386 e. The van der Waals surface area contributed by atoms with Crippen molar-refractivity contribution in [1.82, 2.24) is 10.3 Å². The van der Waals surface area contributed by atoms with Gasteiger partial charge in [0.1, 0.15) is 0 Å². The molecule has 0 fully saturated rings. The van der Waals surface area contributed by atoms with Gasteiger partial charge in [-0.2, -0.15) is 0 Å². The molecule has 1 aliphatic heterocycles. The maximum Gasteiger partial charge on any atom is 0.1000 e. The molecule has 98 valence electrons. The molecule has 0 spiro atoms. The number of halogens is 1. The van der Waals surface area contributed by atoms with Gasteiger partial charge in [-0.3, -0.25) is 4.98 Å². The maximum atomic E-state index is 10.6. The lowest BCUT2D eigenvalue weighted by atomic mass is 9.89. The summed E-state index contributed by atoms with van der Waals surface area (Å²) in [4.78, 5) is 4.12. The number of nitrogens with zero attached hydrogens (tertiary/aromatic N) is 1. The smallest absolute Gasteiger partial charge is 0.1000 e. The van der Waals surface area contributed by atoms with Crippen LogP contribution in [0.15, 0.2) is 47.2 Å². The zero-order chi connectivity index (χ0) is 13.2. The lowest BCUT2D eigenvalue weighted by molar-refractivity contribution is 0.125. The summed E-state index contributed by atoms with van der Waals surface area (Å²) in [5, 5.41) is 14.0. The van der Waals surface area contributed by atoms with Crippen LogP contribution in [-0.4, -0.2) is 16.6 Å². The zero-order valence-corrected chi connectivity index (χ0v) is 12.0. The summed E-state index contributed by atoms with van der Waals surface area (Å²) in [6.45, 7) is 0.889. The van der Waals surface area contributed by atoms with E-state index in [1.807, 2.05) is 18.2 Å².